The van der Waals surface area contributed by atoms with Crippen molar-refractivity contribution < 1.29 is 9.53 Å². The first-order valence-electron chi connectivity index (χ1n) is 5.61. The fourth-order valence-electron chi connectivity index (χ4n) is 2.14. The van der Waals surface area contributed by atoms with Gasteiger partial charge in [0.2, 0.25) is 0 Å². The van der Waals surface area contributed by atoms with E-state index in [1.165, 1.54) is 0 Å². The summed E-state index contributed by atoms with van der Waals surface area (Å²) in [5.74, 6) is -0.00104. The second-order valence-corrected chi connectivity index (χ2v) is 5.29. The van der Waals surface area contributed by atoms with Crippen molar-refractivity contribution in [2.75, 3.05) is 13.1 Å². The average molecular weight is 302 g/mol. The fourth-order valence-corrected chi connectivity index (χ4v) is 2.66. The lowest BCUT2D eigenvalue weighted by molar-refractivity contribution is -0.0588. The molecule has 0 N–H and O–H groups in total. The number of carbonyl (C=O) groups excluding carboxylic acids is 1. The van der Waals surface area contributed by atoms with Gasteiger partial charge in [0.15, 0.2) is 0 Å². The van der Waals surface area contributed by atoms with Gasteiger partial charge in [0.25, 0.3) is 5.91 Å². The Morgan fingerprint density at radius 2 is 2.06 bits per heavy atom. The zero-order valence-corrected chi connectivity index (χ0v) is 11.8. The molecular formula is C11H16BrN3O2. The molecule has 0 aliphatic carbocycles. The lowest BCUT2D eigenvalue weighted by atomic mass is 10.2. The standard InChI is InChI=1S/C11H16BrN3O2/c1-7-5-15(6-8(2)17-7)11(16)10-9(12)4-13-14(10)3/h4,7-8H,5-6H2,1-3H3/t7-,8+. The molecule has 0 bridgehead atoms. The van der Waals surface area contributed by atoms with Crippen LogP contribution in [0.3, 0.4) is 0 Å². The number of halogens is 1. The maximum Gasteiger partial charge on any atom is 0.273 e. The van der Waals surface area contributed by atoms with E-state index in [1.54, 1.807) is 17.9 Å². The van der Waals surface area contributed by atoms with Crippen molar-refractivity contribution >= 4 is 21.8 Å². The third-order valence-electron chi connectivity index (χ3n) is 2.80. The normalized spacial score (nSPS) is 25.1. The molecule has 2 atom stereocenters. The highest BCUT2D eigenvalue weighted by Gasteiger charge is 2.29. The van der Waals surface area contributed by atoms with Crippen LogP contribution in [0.1, 0.15) is 24.3 Å². The highest BCUT2D eigenvalue weighted by Crippen LogP contribution is 2.19. The number of hydrogen-bond acceptors (Lipinski definition) is 3. The van der Waals surface area contributed by atoms with Gasteiger partial charge in [-0.15, -0.1) is 0 Å². The molecule has 0 saturated carbocycles. The molecule has 1 saturated heterocycles. The van der Waals surface area contributed by atoms with Crippen LogP contribution in [0.25, 0.3) is 0 Å². The molecule has 0 aromatic carbocycles. The van der Waals surface area contributed by atoms with E-state index in [0.29, 0.717) is 18.8 Å². The number of amides is 1. The van der Waals surface area contributed by atoms with Crippen LogP contribution < -0.4 is 0 Å². The first-order valence-corrected chi connectivity index (χ1v) is 6.40. The number of carbonyl (C=O) groups is 1. The van der Waals surface area contributed by atoms with E-state index in [1.807, 2.05) is 18.7 Å². The van der Waals surface area contributed by atoms with Crippen LogP contribution in [0.15, 0.2) is 10.7 Å². The third kappa shape index (κ3) is 2.52. The maximum absolute atomic E-state index is 12.4. The lowest BCUT2D eigenvalue weighted by Gasteiger charge is -2.35. The summed E-state index contributed by atoms with van der Waals surface area (Å²) >= 11 is 3.35. The fraction of sp³-hybridized carbons (Fsp3) is 0.636. The molecule has 5 nitrogen and oxygen atoms in total. The molecule has 2 rings (SSSR count). The molecule has 1 fully saturated rings. The van der Waals surface area contributed by atoms with Gasteiger partial charge >= 0.3 is 0 Å². The zero-order valence-electron chi connectivity index (χ0n) is 10.2. The van der Waals surface area contributed by atoms with Crippen LogP contribution >= 0.6 is 15.9 Å². The Hall–Kier alpha value is -0.880. The van der Waals surface area contributed by atoms with Crippen molar-refractivity contribution in [1.29, 1.82) is 0 Å². The van der Waals surface area contributed by atoms with Crippen molar-refractivity contribution in [1.82, 2.24) is 14.7 Å². The predicted octanol–water partition coefficient (Wildman–Crippen LogP) is 1.43. The Morgan fingerprint density at radius 1 is 1.47 bits per heavy atom. The summed E-state index contributed by atoms with van der Waals surface area (Å²) in [6.45, 7) is 5.21. The summed E-state index contributed by atoms with van der Waals surface area (Å²) in [5, 5.41) is 4.06. The molecule has 94 valence electrons. The largest absolute Gasteiger partial charge is 0.372 e. The molecular weight excluding hydrogens is 286 g/mol. The first kappa shape index (κ1) is 12.6. The number of morpholine rings is 1. The number of aromatic nitrogens is 2. The molecule has 0 radical (unpaired) electrons. The second-order valence-electron chi connectivity index (χ2n) is 4.43. The minimum absolute atomic E-state index is 0.00104. The van der Waals surface area contributed by atoms with E-state index in [0.717, 1.165) is 4.47 Å². The molecule has 0 spiro atoms. The van der Waals surface area contributed by atoms with Crippen LogP contribution in [-0.4, -0.2) is 45.9 Å². The Labute approximate surface area is 109 Å². The first-order chi connectivity index (χ1) is 7.99. The van der Waals surface area contributed by atoms with Gasteiger partial charge in [0, 0.05) is 20.1 Å². The van der Waals surface area contributed by atoms with Gasteiger partial charge < -0.3 is 9.64 Å². The quantitative estimate of drug-likeness (QED) is 0.788. The van der Waals surface area contributed by atoms with Crippen LogP contribution in [0.4, 0.5) is 0 Å². The number of hydrogen-bond donors (Lipinski definition) is 0. The van der Waals surface area contributed by atoms with E-state index in [-0.39, 0.29) is 18.1 Å². The molecule has 1 amide bonds. The zero-order chi connectivity index (χ0) is 12.6. The Morgan fingerprint density at radius 3 is 2.53 bits per heavy atom. The molecule has 17 heavy (non-hydrogen) atoms. The minimum Gasteiger partial charge on any atom is -0.372 e. The van der Waals surface area contributed by atoms with Gasteiger partial charge in [-0.3, -0.25) is 9.48 Å². The monoisotopic (exact) mass is 301 g/mol. The van der Waals surface area contributed by atoms with Crippen LogP contribution in [-0.2, 0) is 11.8 Å². The van der Waals surface area contributed by atoms with Gasteiger partial charge in [-0.25, -0.2) is 0 Å². The molecule has 1 aromatic rings. The van der Waals surface area contributed by atoms with Gasteiger partial charge in [0.1, 0.15) is 5.69 Å². The lowest BCUT2D eigenvalue weighted by Crippen LogP contribution is -2.48. The maximum atomic E-state index is 12.4. The summed E-state index contributed by atoms with van der Waals surface area (Å²) in [4.78, 5) is 14.2. The second kappa shape index (κ2) is 4.78. The van der Waals surface area contributed by atoms with Crippen molar-refractivity contribution in [2.24, 2.45) is 7.05 Å². The predicted molar refractivity (Wildman–Crippen MR) is 66.8 cm³/mol. The molecule has 1 aliphatic heterocycles. The van der Waals surface area contributed by atoms with Crippen LogP contribution in [0.2, 0.25) is 0 Å². The molecule has 2 heterocycles. The number of aryl methyl sites for hydroxylation is 1. The van der Waals surface area contributed by atoms with Crippen molar-refractivity contribution in [2.45, 2.75) is 26.1 Å². The Balaban J connectivity index is 2.20. The summed E-state index contributed by atoms with van der Waals surface area (Å²) in [5.41, 5.74) is 0.589. The number of ether oxygens (including phenoxy) is 1. The van der Waals surface area contributed by atoms with Gasteiger partial charge in [-0.1, -0.05) is 0 Å². The highest BCUT2D eigenvalue weighted by atomic mass is 79.9. The highest BCUT2D eigenvalue weighted by molar-refractivity contribution is 9.10. The van der Waals surface area contributed by atoms with Gasteiger partial charge in [-0.05, 0) is 29.8 Å². The van der Waals surface area contributed by atoms with Gasteiger partial charge in [0.05, 0.1) is 22.9 Å². The molecule has 6 heteroatoms. The van der Waals surface area contributed by atoms with E-state index in [9.17, 15) is 4.79 Å². The van der Waals surface area contributed by atoms with Crippen molar-refractivity contribution in [3.05, 3.63) is 16.4 Å². The SMILES string of the molecule is C[C@@H]1CN(C(=O)c2c(Br)cnn2C)C[C@H](C)O1. The van der Waals surface area contributed by atoms with Crippen LogP contribution in [0.5, 0.6) is 0 Å². The van der Waals surface area contributed by atoms with E-state index in [4.69, 9.17) is 4.74 Å². The summed E-state index contributed by atoms with van der Waals surface area (Å²) in [6, 6.07) is 0. The summed E-state index contributed by atoms with van der Waals surface area (Å²) < 4.78 is 7.94. The summed E-state index contributed by atoms with van der Waals surface area (Å²) in [6.07, 6.45) is 1.80. The van der Waals surface area contributed by atoms with Crippen LogP contribution in [0, 0.1) is 0 Å². The van der Waals surface area contributed by atoms with Crippen molar-refractivity contribution in [3.8, 4) is 0 Å². The van der Waals surface area contributed by atoms with E-state index < -0.39 is 0 Å². The average Bonchev–Trinajstić information content (AvgIpc) is 2.56. The summed E-state index contributed by atoms with van der Waals surface area (Å²) in [7, 11) is 1.77. The number of nitrogens with zero attached hydrogens (tertiary/aromatic N) is 3. The minimum atomic E-state index is -0.00104. The Bertz CT molecular complexity index is 403. The third-order valence-corrected chi connectivity index (χ3v) is 3.38. The van der Waals surface area contributed by atoms with Gasteiger partial charge in [-0.2, -0.15) is 5.10 Å². The topological polar surface area (TPSA) is 47.4 Å². The van der Waals surface area contributed by atoms with E-state index in [2.05, 4.69) is 21.0 Å². The van der Waals surface area contributed by atoms with Crippen molar-refractivity contribution in [3.63, 3.8) is 0 Å². The Kier molecular flexibility index (Phi) is 3.53. The van der Waals surface area contributed by atoms with E-state index >= 15 is 0 Å². The molecule has 0 unspecified atom stereocenters. The molecule has 1 aliphatic rings. The smallest absolute Gasteiger partial charge is 0.273 e. The number of rotatable bonds is 1. The molecule has 1 aromatic heterocycles.